The van der Waals surface area contributed by atoms with E-state index in [1.165, 1.54) is 18.2 Å². The molecule has 0 aliphatic rings. The Morgan fingerprint density at radius 3 is 2.35 bits per heavy atom. The van der Waals surface area contributed by atoms with Crippen molar-refractivity contribution in [1.82, 2.24) is 0 Å². The maximum absolute atomic E-state index is 12.6. The fourth-order valence-corrected chi connectivity index (χ4v) is 3.03. The van der Waals surface area contributed by atoms with Crippen LogP contribution in [0.3, 0.4) is 0 Å². The summed E-state index contributed by atoms with van der Waals surface area (Å²) < 4.78 is 49.9. The van der Waals surface area contributed by atoms with E-state index in [-0.39, 0.29) is 17.7 Å². The van der Waals surface area contributed by atoms with Crippen molar-refractivity contribution in [2.24, 2.45) is 0 Å². The number of hydrogen-bond acceptors (Lipinski definition) is 2. The van der Waals surface area contributed by atoms with Gasteiger partial charge in [0.1, 0.15) is 5.25 Å². The standard InChI is InChI=1S/C14H15F3O2S/c1-3-4-5-12(13(18)14(15,16)17)20(19)11-8-6-10(2)7-9-11/h3,6-9,12H,1,4-5H2,2H3/t12-,20?/m1/s1. The van der Waals surface area contributed by atoms with Gasteiger partial charge in [-0.05, 0) is 31.9 Å². The average molecular weight is 304 g/mol. The first-order valence-corrected chi connectivity index (χ1v) is 7.18. The van der Waals surface area contributed by atoms with Crippen molar-refractivity contribution in [3.8, 4) is 0 Å². The van der Waals surface area contributed by atoms with Gasteiger partial charge >= 0.3 is 6.18 Å². The molecule has 2 nitrogen and oxygen atoms in total. The molecule has 0 fully saturated rings. The predicted molar refractivity (Wildman–Crippen MR) is 71.9 cm³/mol. The molecule has 1 rings (SSSR count). The highest BCUT2D eigenvalue weighted by molar-refractivity contribution is 7.86. The van der Waals surface area contributed by atoms with Crippen molar-refractivity contribution < 1.29 is 22.2 Å². The van der Waals surface area contributed by atoms with Gasteiger partial charge in [-0.25, -0.2) is 0 Å². The van der Waals surface area contributed by atoms with Gasteiger partial charge < -0.3 is 0 Å². The third-order valence-electron chi connectivity index (χ3n) is 2.72. The minimum absolute atomic E-state index is 0.137. The lowest BCUT2D eigenvalue weighted by molar-refractivity contribution is -0.170. The van der Waals surface area contributed by atoms with Gasteiger partial charge in [-0.2, -0.15) is 13.2 Å². The number of halogens is 3. The summed E-state index contributed by atoms with van der Waals surface area (Å²) in [6.45, 7) is 5.21. The Balaban J connectivity index is 3.04. The molecule has 0 N–H and O–H groups in total. The number of benzene rings is 1. The number of allylic oxidation sites excluding steroid dienone is 1. The quantitative estimate of drug-likeness (QED) is 0.753. The third kappa shape index (κ3) is 4.30. The van der Waals surface area contributed by atoms with Gasteiger partial charge in [-0.1, -0.05) is 23.8 Å². The zero-order valence-electron chi connectivity index (χ0n) is 10.9. The van der Waals surface area contributed by atoms with Crippen LogP contribution < -0.4 is 0 Å². The van der Waals surface area contributed by atoms with Gasteiger partial charge in [-0.3, -0.25) is 9.00 Å². The number of Topliss-reactive ketones (excluding diaryl/α,β-unsaturated/α-hetero) is 1. The number of aryl methyl sites for hydroxylation is 1. The lowest BCUT2D eigenvalue weighted by atomic mass is 10.1. The van der Waals surface area contributed by atoms with Crippen LogP contribution in [0.15, 0.2) is 41.8 Å². The summed E-state index contributed by atoms with van der Waals surface area (Å²) in [6, 6.07) is 6.26. The first-order valence-electron chi connectivity index (χ1n) is 5.96. The molecule has 0 saturated heterocycles. The van der Waals surface area contributed by atoms with E-state index in [0.717, 1.165) is 5.56 Å². The first-order chi connectivity index (χ1) is 9.27. The summed E-state index contributed by atoms with van der Waals surface area (Å²) >= 11 is 0. The molecule has 110 valence electrons. The highest BCUT2D eigenvalue weighted by Crippen LogP contribution is 2.25. The summed E-state index contributed by atoms with van der Waals surface area (Å²) in [4.78, 5) is 11.6. The maximum Gasteiger partial charge on any atom is 0.451 e. The molecule has 2 atom stereocenters. The van der Waals surface area contributed by atoms with Crippen LogP contribution in [0, 0.1) is 6.92 Å². The van der Waals surface area contributed by atoms with Crippen LogP contribution in [0.5, 0.6) is 0 Å². The lowest BCUT2D eigenvalue weighted by Crippen LogP contribution is -2.37. The monoisotopic (exact) mass is 304 g/mol. The molecule has 0 aliphatic heterocycles. The molecule has 0 radical (unpaired) electrons. The molecule has 1 unspecified atom stereocenters. The number of hydrogen-bond donors (Lipinski definition) is 0. The fraction of sp³-hybridized carbons (Fsp3) is 0.357. The van der Waals surface area contributed by atoms with E-state index in [1.54, 1.807) is 12.1 Å². The predicted octanol–water partition coefficient (Wildman–Crippen LogP) is 3.57. The Bertz CT molecular complexity index is 506. The van der Waals surface area contributed by atoms with Crippen molar-refractivity contribution in [2.75, 3.05) is 0 Å². The van der Waals surface area contributed by atoms with Crippen molar-refractivity contribution >= 4 is 16.6 Å². The minimum Gasteiger partial charge on any atom is -0.288 e. The van der Waals surface area contributed by atoms with E-state index in [0.29, 0.717) is 0 Å². The van der Waals surface area contributed by atoms with E-state index in [4.69, 9.17) is 0 Å². The van der Waals surface area contributed by atoms with Crippen molar-refractivity contribution in [3.05, 3.63) is 42.5 Å². The molecule has 0 amide bonds. The number of carbonyl (C=O) groups excluding carboxylic acids is 1. The highest BCUT2D eigenvalue weighted by atomic mass is 32.2. The lowest BCUT2D eigenvalue weighted by Gasteiger charge is -2.16. The SMILES string of the molecule is C=CCC[C@H](C(=O)C(F)(F)F)S(=O)c1ccc(C)cc1. The molecule has 20 heavy (non-hydrogen) atoms. The number of carbonyl (C=O) groups is 1. The summed E-state index contributed by atoms with van der Waals surface area (Å²) in [7, 11) is -2.02. The van der Waals surface area contributed by atoms with Crippen LogP contribution in [-0.2, 0) is 15.6 Å². The topological polar surface area (TPSA) is 34.1 Å². The normalized spacial score (nSPS) is 14.6. The number of ketones is 1. The fourth-order valence-electron chi connectivity index (χ4n) is 1.62. The van der Waals surface area contributed by atoms with E-state index < -0.39 is 28.0 Å². The second-order valence-corrected chi connectivity index (χ2v) is 5.96. The van der Waals surface area contributed by atoms with Crippen LogP contribution in [-0.4, -0.2) is 21.4 Å². The molecular weight excluding hydrogens is 289 g/mol. The second kappa shape index (κ2) is 6.83. The Morgan fingerprint density at radius 1 is 1.35 bits per heavy atom. The highest BCUT2D eigenvalue weighted by Gasteiger charge is 2.45. The number of alkyl halides is 3. The third-order valence-corrected chi connectivity index (χ3v) is 4.42. The number of rotatable bonds is 6. The average Bonchev–Trinajstić information content (AvgIpc) is 2.38. The molecule has 6 heteroatoms. The van der Waals surface area contributed by atoms with Gasteiger partial charge in [0.2, 0.25) is 0 Å². The first kappa shape index (κ1) is 16.6. The summed E-state index contributed by atoms with van der Waals surface area (Å²) in [6.07, 6.45) is -3.51. The summed E-state index contributed by atoms with van der Waals surface area (Å²) in [5.74, 6) is -1.95. The van der Waals surface area contributed by atoms with Crippen LogP contribution in [0.1, 0.15) is 18.4 Å². The van der Waals surface area contributed by atoms with Crippen LogP contribution in [0.4, 0.5) is 13.2 Å². The minimum atomic E-state index is -4.98. The van der Waals surface area contributed by atoms with Gasteiger partial charge in [0.25, 0.3) is 5.78 Å². The molecule has 0 saturated carbocycles. The van der Waals surface area contributed by atoms with Gasteiger partial charge in [-0.15, -0.1) is 6.58 Å². The largest absolute Gasteiger partial charge is 0.451 e. The molecule has 0 aromatic heterocycles. The van der Waals surface area contributed by atoms with E-state index in [9.17, 15) is 22.2 Å². The van der Waals surface area contributed by atoms with E-state index in [2.05, 4.69) is 6.58 Å². The summed E-state index contributed by atoms with van der Waals surface area (Å²) in [5, 5.41) is -1.59. The molecule has 1 aromatic rings. The molecule has 0 heterocycles. The van der Waals surface area contributed by atoms with Crippen molar-refractivity contribution in [1.29, 1.82) is 0 Å². The zero-order chi connectivity index (χ0) is 15.3. The Labute approximate surface area is 118 Å². The van der Waals surface area contributed by atoms with Crippen LogP contribution in [0.2, 0.25) is 0 Å². The van der Waals surface area contributed by atoms with Gasteiger partial charge in [0, 0.05) is 4.90 Å². The van der Waals surface area contributed by atoms with Crippen molar-refractivity contribution in [3.63, 3.8) is 0 Å². The smallest absolute Gasteiger partial charge is 0.288 e. The molecule has 0 aliphatic carbocycles. The van der Waals surface area contributed by atoms with Gasteiger partial charge in [0.15, 0.2) is 0 Å². The van der Waals surface area contributed by atoms with Crippen LogP contribution in [0.25, 0.3) is 0 Å². The molecule has 1 aromatic carbocycles. The Hall–Kier alpha value is -1.43. The Morgan fingerprint density at radius 2 is 1.90 bits per heavy atom. The molecular formula is C14H15F3O2S. The molecule has 0 bridgehead atoms. The van der Waals surface area contributed by atoms with Crippen LogP contribution >= 0.6 is 0 Å². The van der Waals surface area contributed by atoms with Gasteiger partial charge in [0.05, 0.1) is 10.8 Å². The Kier molecular flexibility index (Phi) is 5.68. The zero-order valence-corrected chi connectivity index (χ0v) is 11.8. The maximum atomic E-state index is 12.6. The van der Waals surface area contributed by atoms with Crippen molar-refractivity contribution in [2.45, 2.75) is 36.1 Å². The second-order valence-electron chi connectivity index (χ2n) is 4.33. The summed E-state index contributed by atoms with van der Waals surface area (Å²) in [5.41, 5.74) is 0.899. The molecule has 0 spiro atoms. The van der Waals surface area contributed by atoms with E-state index >= 15 is 0 Å². The van der Waals surface area contributed by atoms with E-state index in [1.807, 2.05) is 6.92 Å².